The van der Waals surface area contributed by atoms with Gasteiger partial charge in [-0.1, -0.05) is 36.9 Å². The highest BCUT2D eigenvalue weighted by molar-refractivity contribution is 7.92. The van der Waals surface area contributed by atoms with Gasteiger partial charge in [-0.2, -0.15) is 0 Å². The molecule has 13 heteroatoms. The van der Waals surface area contributed by atoms with E-state index in [9.17, 15) is 8.42 Å². The number of sulfonamides is 1. The van der Waals surface area contributed by atoms with Crippen molar-refractivity contribution in [2.75, 3.05) is 49.2 Å². The first-order chi connectivity index (χ1) is 21.1. The van der Waals surface area contributed by atoms with Gasteiger partial charge in [-0.3, -0.25) is 20.3 Å². The van der Waals surface area contributed by atoms with E-state index in [0.717, 1.165) is 52.3 Å². The lowest BCUT2D eigenvalue weighted by Crippen LogP contribution is -2.37. The van der Waals surface area contributed by atoms with Gasteiger partial charge >= 0.3 is 0 Å². The Morgan fingerprint density at radius 3 is 2.41 bits per heavy atom. The van der Waals surface area contributed by atoms with Gasteiger partial charge in [0.1, 0.15) is 5.82 Å². The molecule has 1 fully saturated rings. The molecule has 0 spiro atoms. The Bertz CT molecular complexity index is 1750. The van der Waals surface area contributed by atoms with Crippen LogP contribution >= 0.6 is 0 Å². The number of hydrogen-bond donors (Lipinski definition) is 3. The van der Waals surface area contributed by atoms with Crippen LogP contribution in [0.1, 0.15) is 23.9 Å². The van der Waals surface area contributed by atoms with E-state index in [0.29, 0.717) is 56.6 Å². The second kappa shape index (κ2) is 13.6. The molecule has 3 heterocycles. The third-order valence-corrected chi connectivity index (χ3v) is 7.80. The predicted molar refractivity (Wildman–Crippen MR) is 173 cm³/mol. The van der Waals surface area contributed by atoms with E-state index in [-0.39, 0.29) is 0 Å². The number of hydrogen-bond acceptors (Lipinski definition) is 10. The molecular weight excluding hydrogens is 580 g/mol. The van der Waals surface area contributed by atoms with Gasteiger partial charge in [-0.05, 0) is 55.4 Å². The van der Waals surface area contributed by atoms with E-state index >= 15 is 0 Å². The summed E-state index contributed by atoms with van der Waals surface area (Å²) in [5, 5.41) is 8.90. The van der Waals surface area contributed by atoms with Crippen molar-refractivity contribution in [3.8, 4) is 11.4 Å². The van der Waals surface area contributed by atoms with Crippen LogP contribution in [0.5, 0.6) is 0 Å². The molecule has 0 aliphatic carbocycles. The van der Waals surface area contributed by atoms with Crippen molar-refractivity contribution in [3.05, 3.63) is 83.8 Å². The Hall–Kier alpha value is -4.30. The van der Waals surface area contributed by atoms with Crippen LogP contribution in [0.4, 0.5) is 11.5 Å². The van der Waals surface area contributed by atoms with Crippen LogP contribution in [-0.2, 0) is 34.4 Å². The molecule has 0 bridgehead atoms. The van der Waals surface area contributed by atoms with Gasteiger partial charge < -0.3 is 14.2 Å². The Morgan fingerprint density at radius 2 is 1.77 bits per heavy atom. The molecule has 232 valence electrons. The molecular formula is C31H38N8O4S. The molecule has 44 heavy (non-hydrogen) atoms. The topological polar surface area (TPSA) is 138 Å². The molecule has 0 radical (unpaired) electrons. The summed E-state index contributed by atoms with van der Waals surface area (Å²) in [7, 11) is -1.31. The molecule has 1 aliphatic rings. The third kappa shape index (κ3) is 7.61. The summed E-state index contributed by atoms with van der Waals surface area (Å²) in [5.41, 5.74) is 7.38. The zero-order valence-corrected chi connectivity index (χ0v) is 26.0. The quantitative estimate of drug-likeness (QED) is 0.159. The largest absolute Gasteiger partial charge is 0.378 e. The normalized spacial score (nSPS) is 14.1. The van der Waals surface area contributed by atoms with Gasteiger partial charge in [0.2, 0.25) is 10.0 Å². The molecule has 0 amide bonds. The number of ether oxygens (including phenoxy) is 1. The van der Waals surface area contributed by atoms with Gasteiger partial charge in [-0.15, -0.1) is 0 Å². The predicted octanol–water partition coefficient (Wildman–Crippen LogP) is 3.86. The first-order valence-corrected chi connectivity index (χ1v) is 16.3. The fourth-order valence-electron chi connectivity index (χ4n) is 5.09. The molecule has 3 N–H and O–H groups in total. The summed E-state index contributed by atoms with van der Waals surface area (Å²) >= 11 is 0. The van der Waals surface area contributed by atoms with Crippen LogP contribution in [0, 0.1) is 0 Å². The summed E-state index contributed by atoms with van der Waals surface area (Å²) < 4.78 is 33.6. The maximum Gasteiger partial charge on any atom is 0.229 e. The summed E-state index contributed by atoms with van der Waals surface area (Å²) in [6.07, 6.45) is 4.71. The zero-order valence-electron chi connectivity index (χ0n) is 25.2. The van der Waals surface area contributed by atoms with Crippen LogP contribution in [0.2, 0.25) is 0 Å². The minimum atomic E-state index is -3.38. The van der Waals surface area contributed by atoms with Crippen molar-refractivity contribution >= 4 is 38.8 Å². The summed E-state index contributed by atoms with van der Waals surface area (Å²) in [4.78, 5) is 19.4. The van der Waals surface area contributed by atoms with Crippen molar-refractivity contribution in [1.29, 1.82) is 0 Å². The summed E-state index contributed by atoms with van der Waals surface area (Å²) in [6, 6.07) is 15.3. The van der Waals surface area contributed by atoms with Crippen LogP contribution in [0.25, 0.3) is 28.6 Å². The second-order valence-corrected chi connectivity index (χ2v) is 12.5. The SMILES string of the molecule is C=C(/C=C/c1ccc(CN(C)Cc2nc3c(N4CCOCC4)nc(-c4ccc(NS(C)(=O)=O)cc4)nc3n2CC)cc1)NO. The minimum Gasteiger partial charge on any atom is -0.378 e. The summed E-state index contributed by atoms with van der Waals surface area (Å²) in [5.74, 6) is 2.21. The highest BCUT2D eigenvalue weighted by Gasteiger charge is 2.23. The number of aryl methyl sites for hydroxylation is 1. The van der Waals surface area contributed by atoms with E-state index < -0.39 is 10.0 Å². The number of imidazole rings is 1. The number of aromatic nitrogens is 4. The zero-order chi connectivity index (χ0) is 31.3. The van der Waals surface area contributed by atoms with Crippen molar-refractivity contribution < 1.29 is 18.4 Å². The van der Waals surface area contributed by atoms with Crippen molar-refractivity contribution in [2.45, 2.75) is 26.6 Å². The number of allylic oxidation sites excluding steroid dienone is 1. The molecule has 2 aromatic heterocycles. The van der Waals surface area contributed by atoms with E-state index in [4.69, 9.17) is 24.9 Å². The molecule has 1 saturated heterocycles. The van der Waals surface area contributed by atoms with Crippen molar-refractivity contribution in [1.82, 2.24) is 29.9 Å². The maximum atomic E-state index is 11.7. The molecule has 0 unspecified atom stereocenters. The lowest BCUT2D eigenvalue weighted by atomic mass is 10.1. The molecule has 2 aromatic carbocycles. The number of anilines is 2. The summed E-state index contributed by atoms with van der Waals surface area (Å²) in [6.45, 7) is 10.4. The van der Waals surface area contributed by atoms with E-state index in [1.54, 1.807) is 18.2 Å². The molecule has 12 nitrogen and oxygen atoms in total. The highest BCUT2D eigenvalue weighted by atomic mass is 32.2. The Labute approximate surface area is 257 Å². The van der Waals surface area contributed by atoms with Gasteiger partial charge in [0.15, 0.2) is 22.8 Å². The second-order valence-electron chi connectivity index (χ2n) is 10.8. The van der Waals surface area contributed by atoms with E-state index in [1.807, 2.05) is 35.8 Å². The van der Waals surface area contributed by atoms with Crippen molar-refractivity contribution in [3.63, 3.8) is 0 Å². The fourth-order valence-corrected chi connectivity index (χ4v) is 5.65. The van der Waals surface area contributed by atoms with Crippen LogP contribution < -0.4 is 15.1 Å². The third-order valence-electron chi connectivity index (χ3n) is 7.19. The average molecular weight is 619 g/mol. The number of morpholine rings is 1. The smallest absolute Gasteiger partial charge is 0.229 e. The minimum absolute atomic E-state index is 0.418. The standard InChI is InChI=1S/C31H38N8O4S/c1-5-39-27(21-37(3)20-24-10-8-23(9-11-24)7-6-22(2)35-40)32-28-30(38-16-18-43-19-17-38)33-29(34-31(28)39)25-12-14-26(15-13-25)36-44(4,41)42/h6-15,35-36,40H,2,5,16-21H2,1,3-4H3/b7-6+. The lowest BCUT2D eigenvalue weighted by Gasteiger charge is -2.28. The first kappa shape index (κ1) is 31.1. The van der Waals surface area contributed by atoms with E-state index in [1.165, 1.54) is 0 Å². The Balaban J connectivity index is 1.44. The Kier molecular flexibility index (Phi) is 9.59. The highest BCUT2D eigenvalue weighted by Crippen LogP contribution is 2.30. The number of nitrogens with one attached hydrogen (secondary N) is 2. The maximum absolute atomic E-state index is 11.7. The van der Waals surface area contributed by atoms with Crippen LogP contribution in [0.3, 0.4) is 0 Å². The average Bonchev–Trinajstić information content (AvgIpc) is 3.36. The Morgan fingerprint density at radius 1 is 1.07 bits per heavy atom. The number of rotatable bonds is 12. The monoisotopic (exact) mass is 618 g/mol. The van der Waals surface area contributed by atoms with E-state index in [2.05, 4.69) is 51.8 Å². The first-order valence-electron chi connectivity index (χ1n) is 14.4. The molecule has 4 aromatic rings. The molecule has 5 rings (SSSR count). The number of fused-ring (bicyclic) bond motifs is 1. The molecule has 0 saturated carbocycles. The van der Waals surface area contributed by atoms with Gasteiger partial charge in [-0.25, -0.2) is 23.4 Å². The van der Waals surface area contributed by atoms with Crippen LogP contribution in [-0.4, -0.2) is 77.7 Å². The van der Waals surface area contributed by atoms with Gasteiger partial charge in [0.05, 0.1) is 31.7 Å². The van der Waals surface area contributed by atoms with Gasteiger partial charge in [0, 0.05) is 37.4 Å². The molecule has 0 atom stereocenters. The number of nitrogens with zero attached hydrogens (tertiary/aromatic N) is 6. The van der Waals surface area contributed by atoms with Gasteiger partial charge in [0.25, 0.3) is 0 Å². The molecule has 1 aliphatic heterocycles. The fraction of sp³-hybridized carbons (Fsp3) is 0.323. The lowest BCUT2D eigenvalue weighted by molar-refractivity contribution is 0.122. The van der Waals surface area contributed by atoms with Crippen molar-refractivity contribution in [2.24, 2.45) is 0 Å². The van der Waals surface area contributed by atoms with Crippen LogP contribution in [0.15, 0.2) is 66.9 Å². The number of benzene rings is 2. The number of hydroxylamine groups is 1.